The van der Waals surface area contributed by atoms with Crippen LogP contribution in [-0.4, -0.2) is 0 Å². The van der Waals surface area contributed by atoms with Crippen LogP contribution in [0.4, 0.5) is 0 Å². The minimum Gasteiger partial charge on any atom is -0.0895 e. The molecule has 2 aliphatic rings. The van der Waals surface area contributed by atoms with Crippen molar-refractivity contribution in [2.75, 3.05) is 0 Å². The zero-order chi connectivity index (χ0) is 14.5. The van der Waals surface area contributed by atoms with Gasteiger partial charge in [-0.3, -0.25) is 0 Å². The average molecular weight is 318 g/mol. The molecule has 22 heavy (non-hydrogen) atoms. The maximum absolute atomic E-state index is 2.42. The molecule has 2 aliphatic heterocycles. The Kier molecular flexibility index (Phi) is 2.89. The molecule has 5 rings (SSSR count). The maximum Gasteiger partial charge on any atom is 0.0161 e. The molecule has 0 saturated carbocycles. The Morgan fingerprint density at radius 1 is 0.500 bits per heavy atom. The Balaban J connectivity index is 1.60. The Hall–Kier alpha value is -1.64. The molecule has 0 spiro atoms. The molecule has 0 nitrogen and oxygen atoms in total. The van der Waals surface area contributed by atoms with E-state index in [9.17, 15) is 0 Å². The highest BCUT2D eigenvalue weighted by Gasteiger charge is 2.21. The Morgan fingerprint density at radius 3 is 1.45 bits per heavy atom. The second-order valence-corrected chi connectivity index (χ2v) is 8.01. The molecule has 2 heteroatoms. The van der Waals surface area contributed by atoms with E-state index in [1.165, 1.54) is 41.8 Å². The molecule has 3 aromatic rings. The van der Waals surface area contributed by atoms with Gasteiger partial charge < -0.3 is 0 Å². The summed E-state index contributed by atoms with van der Waals surface area (Å²) in [7, 11) is 0. The molecule has 0 saturated heterocycles. The molecule has 0 aliphatic carbocycles. The van der Waals surface area contributed by atoms with Crippen molar-refractivity contribution in [2.45, 2.75) is 32.4 Å². The smallest absolute Gasteiger partial charge is 0.0161 e. The second kappa shape index (κ2) is 4.94. The normalized spacial score (nSPS) is 14.5. The van der Waals surface area contributed by atoms with Crippen LogP contribution in [0.5, 0.6) is 0 Å². The van der Waals surface area contributed by atoms with Gasteiger partial charge in [0.25, 0.3) is 0 Å². The number of hydrogen-bond donors (Lipinski definition) is 0. The van der Waals surface area contributed by atoms with Gasteiger partial charge in [-0.15, -0.1) is 0 Å². The lowest BCUT2D eigenvalue weighted by Crippen LogP contribution is -2.05. The van der Waals surface area contributed by atoms with E-state index < -0.39 is 0 Å². The van der Waals surface area contributed by atoms with Crippen molar-refractivity contribution >= 4 is 23.5 Å². The summed E-state index contributed by atoms with van der Waals surface area (Å²) in [5.41, 5.74) is 5.88. The van der Waals surface area contributed by atoms with Crippen LogP contribution < -0.4 is 0 Å². The monoisotopic (exact) mass is 318 g/mol. The number of benzene rings is 3. The predicted octanol–water partition coefficient (Wildman–Crippen LogP) is 5.80. The highest BCUT2D eigenvalue weighted by Crippen LogP contribution is 2.46. The van der Waals surface area contributed by atoms with Gasteiger partial charge in [0.2, 0.25) is 0 Å². The fourth-order valence-corrected chi connectivity index (χ4v) is 5.49. The summed E-state index contributed by atoms with van der Waals surface area (Å²) in [6.45, 7) is 0. The molecule has 2 heterocycles. The molecule has 0 bridgehead atoms. The average Bonchev–Trinajstić information content (AvgIpc) is 2.56. The molecular formula is C20H14S2. The summed E-state index contributed by atoms with van der Waals surface area (Å²) >= 11 is 3.85. The van der Waals surface area contributed by atoms with E-state index in [-0.39, 0.29) is 0 Å². The largest absolute Gasteiger partial charge is 0.0895 e. The van der Waals surface area contributed by atoms with Gasteiger partial charge in [0.15, 0.2) is 0 Å². The molecule has 0 N–H and O–H groups in total. The molecule has 0 atom stereocenters. The molecule has 3 aromatic carbocycles. The summed E-state index contributed by atoms with van der Waals surface area (Å²) in [6, 6.07) is 22.4. The van der Waals surface area contributed by atoms with Gasteiger partial charge in [-0.25, -0.2) is 0 Å². The van der Waals surface area contributed by atoms with Crippen LogP contribution in [0, 0.1) is 0 Å². The fourth-order valence-electron chi connectivity index (χ4n) is 3.26. The van der Waals surface area contributed by atoms with Crippen LogP contribution in [-0.2, 0) is 12.8 Å². The minimum atomic E-state index is 1.06. The number of fused-ring (bicyclic) bond motifs is 4. The zero-order valence-electron chi connectivity index (χ0n) is 12.0. The SMILES string of the molecule is c1ccc2c(c1)Cc1cc3c(cc1S2)Cc1ccccc1S3. The Morgan fingerprint density at radius 2 is 0.955 bits per heavy atom. The highest BCUT2D eigenvalue weighted by molar-refractivity contribution is 8.00. The Bertz CT molecular complexity index is 752. The van der Waals surface area contributed by atoms with Crippen molar-refractivity contribution in [1.29, 1.82) is 0 Å². The second-order valence-electron chi connectivity index (χ2n) is 5.84. The molecule has 0 aromatic heterocycles. The topological polar surface area (TPSA) is 0 Å². The van der Waals surface area contributed by atoms with E-state index in [2.05, 4.69) is 60.7 Å². The van der Waals surface area contributed by atoms with Crippen LogP contribution in [0.1, 0.15) is 22.3 Å². The maximum atomic E-state index is 2.42. The summed E-state index contributed by atoms with van der Waals surface area (Å²) in [6.07, 6.45) is 2.13. The predicted molar refractivity (Wildman–Crippen MR) is 93.2 cm³/mol. The van der Waals surface area contributed by atoms with Gasteiger partial charge in [0.05, 0.1) is 0 Å². The van der Waals surface area contributed by atoms with Gasteiger partial charge in [0, 0.05) is 19.6 Å². The van der Waals surface area contributed by atoms with Gasteiger partial charge in [-0.1, -0.05) is 59.9 Å². The third kappa shape index (κ3) is 2.02. The summed E-state index contributed by atoms with van der Waals surface area (Å²) in [5.74, 6) is 0. The fraction of sp³-hybridized carbons (Fsp3) is 0.100. The molecule has 0 radical (unpaired) electrons. The van der Waals surface area contributed by atoms with E-state index in [0.717, 1.165) is 12.8 Å². The lowest BCUT2D eigenvalue weighted by atomic mass is 9.99. The van der Waals surface area contributed by atoms with Crippen LogP contribution in [0.2, 0.25) is 0 Å². The Labute approximate surface area is 139 Å². The van der Waals surface area contributed by atoms with E-state index in [0.29, 0.717) is 0 Å². The van der Waals surface area contributed by atoms with Gasteiger partial charge in [0.1, 0.15) is 0 Å². The van der Waals surface area contributed by atoms with Crippen LogP contribution in [0.15, 0.2) is 80.2 Å². The van der Waals surface area contributed by atoms with E-state index >= 15 is 0 Å². The van der Waals surface area contributed by atoms with Crippen molar-refractivity contribution in [3.8, 4) is 0 Å². The van der Waals surface area contributed by atoms with Gasteiger partial charge in [-0.05, 0) is 59.4 Å². The van der Waals surface area contributed by atoms with Crippen LogP contribution in [0.3, 0.4) is 0 Å². The first kappa shape index (κ1) is 12.9. The van der Waals surface area contributed by atoms with E-state index in [1.807, 2.05) is 23.5 Å². The quantitative estimate of drug-likeness (QED) is 0.354. The third-order valence-electron chi connectivity index (χ3n) is 4.39. The first-order valence-electron chi connectivity index (χ1n) is 7.54. The number of hydrogen-bond acceptors (Lipinski definition) is 2. The zero-order valence-corrected chi connectivity index (χ0v) is 13.6. The molecular weight excluding hydrogens is 304 g/mol. The molecule has 0 unspecified atom stereocenters. The van der Waals surface area contributed by atoms with Crippen LogP contribution in [0.25, 0.3) is 0 Å². The van der Waals surface area contributed by atoms with Crippen molar-refractivity contribution in [2.24, 2.45) is 0 Å². The van der Waals surface area contributed by atoms with Crippen molar-refractivity contribution in [3.63, 3.8) is 0 Å². The number of rotatable bonds is 0. The molecule has 0 amide bonds. The lowest BCUT2D eigenvalue weighted by Gasteiger charge is -2.24. The van der Waals surface area contributed by atoms with Crippen molar-refractivity contribution in [1.82, 2.24) is 0 Å². The summed E-state index contributed by atoms with van der Waals surface area (Å²) in [4.78, 5) is 5.72. The third-order valence-corrected chi connectivity index (χ3v) is 6.83. The minimum absolute atomic E-state index is 1.06. The van der Waals surface area contributed by atoms with E-state index in [4.69, 9.17) is 0 Å². The highest BCUT2D eigenvalue weighted by atomic mass is 32.2. The van der Waals surface area contributed by atoms with Gasteiger partial charge >= 0.3 is 0 Å². The van der Waals surface area contributed by atoms with Crippen molar-refractivity contribution in [3.05, 3.63) is 82.9 Å². The van der Waals surface area contributed by atoms with Crippen molar-refractivity contribution < 1.29 is 0 Å². The van der Waals surface area contributed by atoms with E-state index in [1.54, 1.807) is 0 Å². The first-order valence-corrected chi connectivity index (χ1v) is 9.17. The first-order chi connectivity index (χ1) is 10.9. The molecule has 0 fully saturated rings. The standard InChI is InChI=1S/C20H14S2/c1-3-7-17-13(5-1)9-15-11-20-16(12-19(15)21-17)10-14-6-2-4-8-18(14)22-20/h1-8,11-12H,9-10H2. The molecule has 106 valence electrons. The van der Waals surface area contributed by atoms with Crippen LogP contribution >= 0.6 is 23.5 Å². The van der Waals surface area contributed by atoms with Gasteiger partial charge in [-0.2, -0.15) is 0 Å². The summed E-state index contributed by atoms with van der Waals surface area (Å²) < 4.78 is 0. The summed E-state index contributed by atoms with van der Waals surface area (Å²) in [5, 5.41) is 0. The lowest BCUT2D eigenvalue weighted by molar-refractivity contribution is 0.985.